The fraction of sp³-hybridized carbons (Fsp3) is 0.438. The summed E-state index contributed by atoms with van der Waals surface area (Å²) in [4.78, 5) is 12.0. The summed E-state index contributed by atoms with van der Waals surface area (Å²) in [6.45, 7) is 6.51. The second kappa shape index (κ2) is 5.08. The molecule has 2 aromatic rings. The highest BCUT2D eigenvalue weighted by Crippen LogP contribution is 2.25. The molecule has 2 rings (SSSR count). The molecule has 3 heteroatoms. The van der Waals surface area contributed by atoms with Gasteiger partial charge in [-0.25, -0.2) is 0 Å². The van der Waals surface area contributed by atoms with Gasteiger partial charge in [-0.1, -0.05) is 31.5 Å². The van der Waals surface area contributed by atoms with Crippen molar-refractivity contribution in [2.75, 3.05) is 5.32 Å². The summed E-state index contributed by atoms with van der Waals surface area (Å²) >= 11 is 0. The molecule has 0 amide bonds. The number of para-hydroxylation sites is 1. The van der Waals surface area contributed by atoms with Crippen molar-refractivity contribution >= 4 is 16.6 Å². The highest BCUT2D eigenvalue weighted by molar-refractivity contribution is 5.91. The Kier molecular flexibility index (Phi) is 3.65. The van der Waals surface area contributed by atoms with Crippen molar-refractivity contribution in [2.24, 2.45) is 7.05 Å². The Balaban J connectivity index is 2.55. The first-order valence-corrected chi connectivity index (χ1v) is 6.81. The Morgan fingerprint density at radius 2 is 1.95 bits per heavy atom. The van der Waals surface area contributed by atoms with Gasteiger partial charge in [0.05, 0.1) is 5.52 Å². The molecule has 0 atom stereocenters. The van der Waals surface area contributed by atoms with E-state index < -0.39 is 0 Å². The van der Waals surface area contributed by atoms with Gasteiger partial charge < -0.3 is 9.88 Å². The van der Waals surface area contributed by atoms with Crippen LogP contribution in [-0.2, 0) is 7.05 Å². The number of nitrogens with one attached hydrogen (secondary N) is 1. The van der Waals surface area contributed by atoms with Crippen LogP contribution in [0.2, 0.25) is 0 Å². The number of pyridine rings is 1. The van der Waals surface area contributed by atoms with Gasteiger partial charge in [0.15, 0.2) is 0 Å². The van der Waals surface area contributed by atoms with Crippen molar-refractivity contribution in [3.63, 3.8) is 0 Å². The maximum atomic E-state index is 12.0. The summed E-state index contributed by atoms with van der Waals surface area (Å²) in [7, 11) is 1.81. The van der Waals surface area contributed by atoms with Crippen molar-refractivity contribution in [3.05, 3.63) is 40.7 Å². The minimum absolute atomic E-state index is 0.0100. The molecule has 0 saturated heterocycles. The third-order valence-electron chi connectivity index (χ3n) is 3.50. The van der Waals surface area contributed by atoms with Gasteiger partial charge in [-0.2, -0.15) is 0 Å². The maximum Gasteiger partial charge on any atom is 0.252 e. The number of rotatable bonds is 4. The number of benzene rings is 1. The normalized spacial score (nSPS) is 11.8. The van der Waals surface area contributed by atoms with Crippen LogP contribution >= 0.6 is 0 Å². The van der Waals surface area contributed by atoms with Crippen molar-refractivity contribution < 1.29 is 0 Å². The Bertz CT molecular complexity index is 641. The molecular weight excluding hydrogens is 236 g/mol. The largest absolute Gasteiger partial charge is 0.379 e. The molecule has 3 nitrogen and oxygen atoms in total. The van der Waals surface area contributed by atoms with Crippen LogP contribution in [0.4, 0.5) is 5.69 Å². The minimum atomic E-state index is -0.0100. The van der Waals surface area contributed by atoms with Gasteiger partial charge in [0.2, 0.25) is 0 Å². The van der Waals surface area contributed by atoms with Crippen LogP contribution in [0.15, 0.2) is 35.1 Å². The lowest BCUT2D eigenvalue weighted by molar-refractivity contribution is 0.511. The zero-order valence-electron chi connectivity index (χ0n) is 12.2. The summed E-state index contributed by atoms with van der Waals surface area (Å²) in [5.74, 6) is 0. The molecular formula is C16H22N2O. The van der Waals surface area contributed by atoms with Crippen LogP contribution in [-0.4, -0.2) is 10.1 Å². The number of fused-ring (bicyclic) bond motifs is 1. The van der Waals surface area contributed by atoms with Crippen LogP contribution in [0, 0.1) is 0 Å². The SMILES string of the molecule is CCCC(C)(C)Nc1cc(=O)n(C)c2ccccc12. The van der Waals surface area contributed by atoms with Gasteiger partial charge >= 0.3 is 0 Å². The van der Waals surface area contributed by atoms with E-state index >= 15 is 0 Å². The van der Waals surface area contributed by atoms with E-state index in [1.165, 1.54) is 0 Å². The van der Waals surface area contributed by atoms with E-state index in [9.17, 15) is 4.79 Å². The predicted molar refractivity (Wildman–Crippen MR) is 81.8 cm³/mol. The Labute approximate surface area is 114 Å². The average Bonchev–Trinajstić information content (AvgIpc) is 2.35. The molecule has 0 fully saturated rings. The first kappa shape index (κ1) is 13.7. The highest BCUT2D eigenvalue weighted by Gasteiger charge is 2.18. The van der Waals surface area contributed by atoms with Crippen molar-refractivity contribution in [2.45, 2.75) is 39.2 Å². The number of aryl methyl sites for hydroxylation is 1. The maximum absolute atomic E-state index is 12.0. The third kappa shape index (κ3) is 2.80. The summed E-state index contributed by atoms with van der Waals surface area (Å²) in [6.07, 6.45) is 2.18. The molecule has 0 unspecified atom stereocenters. The molecule has 0 spiro atoms. The molecule has 102 valence electrons. The van der Waals surface area contributed by atoms with Gasteiger partial charge in [-0.3, -0.25) is 4.79 Å². The second-order valence-electron chi connectivity index (χ2n) is 5.73. The molecule has 0 aliphatic rings. The van der Waals surface area contributed by atoms with Crippen LogP contribution in [0.25, 0.3) is 10.9 Å². The van der Waals surface area contributed by atoms with Crippen LogP contribution in [0.1, 0.15) is 33.6 Å². The molecule has 1 N–H and O–H groups in total. The van der Waals surface area contributed by atoms with Crippen molar-refractivity contribution in [1.29, 1.82) is 0 Å². The van der Waals surface area contributed by atoms with E-state index in [4.69, 9.17) is 0 Å². The monoisotopic (exact) mass is 258 g/mol. The zero-order chi connectivity index (χ0) is 14.0. The number of hydrogen-bond donors (Lipinski definition) is 1. The summed E-state index contributed by atoms with van der Waals surface area (Å²) in [5, 5.41) is 4.61. The molecule has 1 heterocycles. The molecule has 19 heavy (non-hydrogen) atoms. The fourth-order valence-electron chi connectivity index (χ4n) is 2.57. The van der Waals surface area contributed by atoms with Gasteiger partial charge in [0.25, 0.3) is 5.56 Å². The molecule has 1 aromatic heterocycles. The Morgan fingerprint density at radius 1 is 1.26 bits per heavy atom. The van der Waals surface area contributed by atoms with Gasteiger partial charge in [-0.05, 0) is 26.3 Å². The topological polar surface area (TPSA) is 34.0 Å². The van der Waals surface area contributed by atoms with E-state index in [0.29, 0.717) is 0 Å². The molecule has 1 aromatic carbocycles. The van der Waals surface area contributed by atoms with Crippen molar-refractivity contribution in [1.82, 2.24) is 4.57 Å². The lowest BCUT2D eigenvalue weighted by atomic mass is 9.98. The second-order valence-corrected chi connectivity index (χ2v) is 5.73. The number of hydrogen-bond acceptors (Lipinski definition) is 2. The number of anilines is 1. The van der Waals surface area contributed by atoms with Gasteiger partial charge in [0, 0.05) is 29.7 Å². The first-order chi connectivity index (χ1) is 8.94. The molecule has 0 saturated carbocycles. The Morgan fingerprint density at radius 3 is 2.63 bits per heavy atom. The predicted octanol–water partition coefficient (Wildman–Crippen LogP) is 3.53. The van der Waals surface area contributed by atoms with E-state index in [-0.39, 0.29) is 11.1 Å². The molecule has 0 radical (unpaired) electrons. The summed E-state index contributed by atoms with van der Waals surface area (Å²) in [5.41, 5.74) is 1.90. The first-order valence-electron chi connectivity index (χ1n) is 6.81. The Hall–Kier alpha value is -1.77. The van der Waals surface area contributed by atoms with E-state index in [1.807, 2.05) is 25.2 Å². The standard InChI is InChI=1S/C16H22N2O/c1-5-10-16(2,3)17-13-11-15(19)18(4)14-9-7-6-8-12(13)14/h6-9,11,17H,5,10H2,1-4H3. The lowest BCUT2D eigenvalue weighted by Crippen LogP contribution is -2.31. The average molecular weight is 258 g/mol. The zero-order valence-corrected chi connectivity index (χ0v) is 12.2. The van der Waals surface area contributed by atoms with Crippen LogP contribution in [0.5, 0.6) is 0 Å². The minimum Gasteiger partial charge on any atom is -0.379 e. The number of nitrogens with zero attached hydrogens (tertiary/aromatic N) is 1. The summed E-state index contributed by atoms with van der Waals surface area (Å²) in [6, 6.07) is 9.70. The van der Waals surface area contributed by atoms with Crippen LogP contribution in [0.3, 0.4) is 0 Å². The lowest BCUT2D eigenvalue weighted by Gasteiger charge is -2.28. The number of aromatic nitrogens is 1. The van der Waals surface area contributed by atoms with E-state index in [2.05, 4.69) is 32.2 Å². The van der Waals surface area contributed by atoms with Gasteiger partial charge in [-0.15, -0.1) is 0 Å². The van der Waals surface area contributed by atoms with E-state index in [1.54, 1.807) is 10.6 Å². The quantitative estimate of drug-likeness (QED) is 0.910. The fourth-order valence-corrected chi connectivity index (χ4v) is 2.57. The molecule has 0 bridgehead atoms. The van der Waals surface area contributed by atoms with Gasteiger partial charge in [0.1, 0.15) is 0 Å². The smallest absolute Gasteiger partial charge is 0.252 e. The van der Waals surface area contributed by atoms with E-state index in [0.717, 1.165) is 29.4 Å². The molecule has 0 aliphatic carbocycles. The van der Waals surface area contributed by atoms with Crippen molar-refractivity contribution in [3.8, 4) is 0 Å². The molecule has 0 aliphatic heterocycles. The highest BCUT2D eigenvalue weighted by atomic mass is 16.1. The summed E-state index contributed by atoms with van der Waals surface area (Å²) < 4.78 is 1.69. The third-order valence-corrected chi connectivity index (χ3v) is 3.50. The van der Waals surface area contributed by atoms with Crippen LogP contribution < -0.4 is 10.9 Å².